The van der Waals surface area contributed by atoms with Crippen molar-refractivity contribution in [3.8, 4) is 0 Å². The second-order valence-electron chi connectivity index (χ2n) is 3.34. The Hall–Kier alpha value is -1.43. The fourth-order valence-electron chi connectivity index (χ4n) is 1.62. The molecule has 1 aromatic heterocycles. The van der Waals surface area contributed by atoms with Gasteiger partial charge >= 0.3 is 5.97 Å². The van der Waals surface area contributed by atoms with Crippen LogP contribution in [0.15, 0.2) is 0 Å². The van der Waals surface area contributed by atoms with Crippen LogP contribution in [0.1, 0.15) is 18.6 Å². The molecule has 2 rings (SSSR count). The Morgan fingerprint density at radius 1 is 1.60 bits per heavy atom. The first-order valence-corrected chi connectivity index (χ1v) is 5.08. The number of aromatic nitrogens is 3. The third-order valence-electron chi connectivity index (χ3n) is 2.31. The van der Waals surface area contributed by atoms with Crippen molar-refractivity contribution in [1.82, 2.24) is 20.1 Å². The van der Waals surface area contributed by atoms with Gasteiger partial charge in [-0.1, -0.05) is 0 Å². The highest BCUT2D eigenvalue weighted by molar-refractivity contribution is 5.71. The van der Waals surface area contributed by atoms with E-state index < -0.39 is 0 Å². The zero-order chi connectivity index (χ0) is 10.7. The van der Waals surface area contributed by atoms with E-state index in [9.17, 15) is 4.79 Å². The summed E-state index contributed by atoms with van der Waals surface area (Å²) >= 11 is 0. The summed E-state index contributed by atoms with van der Waals surface area (Å²) in [6, 6.07) is 0. The molecule has 0 amide bonds. The molecule has 0 fully saturated rings. The highest BCUT2D eigenvalue weighted by Crippen LogP contribution is 2.06. The van der Waals surface area contributed by atoms with Gasteiger partial charge in [-0.25, -0.2) is 0 Å². The van der Waals surface area contributed by atoms with Crippen molar-refractivity contribution in [1.29, 1.82) is 0 Å². The number of ether oxygens (including phenoxy) is 1. The van der Waals surface area contributed by atoms with Crippen LogP contribution < -0.4 is 5.32 Å². The van der Waals surface area contributed by atoms with E-state index >= 15 is 0 Å². The zero-order valence-corrected chi connectivity index (χ0v) is 8.69. The predicted molar refractivity (Wildman–Crippen MR) is 52.1 cm³/mol. The minimum Gasteiger partial charge on any atom is -0.466 e. The van der Waals surface area contributed by atoms with Crippen LogP contribution in [0.25, 0.3) is 0 Å². The third kappa shape index (κ3) is 2.15. The van der Waals surface area contributed by atoms with Gasteiger partial charge < -0.3 is 14.6 Å². The Morgan fingerprint density at radius 3 is 3.27 bits per heavy atom. The number of esters is 1. The van der Waals surface area contributed by atoms with Crippen LogP contribution >= 0.6 is 0 Å². The maximum atomic E-state index is 11.3. The molecule has 1 N–H and O–H groups in total. The van der Waals surface area contributed by atoms with Gasteiger partial charge in [-0.3, -0.25) is 4.79 Å². The van der Waals surface area contributed by atoms with Gasteiger partial charge in [-0.2, -0.15) is 0 Å². The number of nitrogens with one attached hydrogen (secondary N) is 1. The molecule has 1 aliphatic rings. The standard InChI is InChI=1S/C9H14N4O2/c1-2-15-9(14)5-7-11-12-8-6-10-3-4-13(7)8/h10H,2-6H2,1H3. The number of nitrogens with zero attached hydrogens (tertiary/aromatic N) is 3. The molecule has 0 spiro atoms. The summed E-state index contributed by atoms with van der Waals surface area (Å²) in [5.74, 6) is 1.34. The van der Waals surface area contributed by atoms with Crippen molar-refractivity contribution in [3.05, 3.63) is 11.6 Å². The molecule has 0 saturated heterocycles. The average Bonchev–Trinajstić information content (AvgIpc) is 2.62. The predicted octanol–water partition coefficient (Wildman–Crippen LogP) is -0.513. The second kappa shape index (κ2) is 4.39. The molecule has 0 bridgehead atoms. The molecular formula is C9H14N4O2. The van der Waals surface area contributed by atoms with Gasteiger partial charge in [0, 0.05) is 13.1 Å². The summed E-state index contributed by atoms with van der Waals surface area (Å²) in [7, 11) is 0. The molecule has 82 valence electrons. The molecule has 6 nitrogen and oxygen atoms in total. The van der Waals surface area contributed by atoms with Gasteiger partial charge in [0.25, 0.3) is 0 Å². The number of rotatable bonds is 3. The lowest BCUT2D eigenvalue weighted by molar-refractivity contribution is -0.142. The lowest BCUT2D eigenvalue weighted by Crippen LogP contribution is -2.29. The first kappa shape index (κ1) is 10.1. The van der Waals surface area contributed by atoms with Crippen LogP contribution in [0, 0.1) is 0 Å². The van der Waals surface area contributed by atoms with E-state index in [0.29, 0.717) is 12.4 Å². The van der Waals surface area contributed by atoms with Crippen molar-refractivity contribution in [2.45, 2.75) is 26.4 Å². The first-order chi connectivity index (χ1) is 7.31. The average molecular weight is 210 g/mol. The molecule has 0 saturated carbocycles. The smallest absolute Gasteiger partial charge is 0.313 e. The van der Waals surface area contributed by atoms with Crippen molar-refractivity contribution in [2.24, 2.45) is 0 Å². The fourth-order valence-corrected chi connectivity index (χ4v) is 1.62. The van der Waals surface area contributed by atoms with Crippen molar-refractivity contribution in [3.63, 3.8) is 0 Å². The molecule has 0 unspecified atom stereocenters. The molecular weight excluding hydrogens is 196 g/mol. The first-order valence-electron chi connectivity index (χ1n) is 5.08. The molecule has 6 heteroatoms. The van der Waals surface area contributed by atoms with E-state index in [0.717, 1.165) is 25.5 Å². The van der Waals surface area contributed by atoms with E-state index in [2.05, 4.69) is 15.5 Å². The summed E-state index contributed by atoms with van der Waals surface area (Å²) in [4.78, 5) is 11.3. The van der Waals surface area contributed by atoms with Crippen LogP contribution in [0.2, 0.25) is 0 Å². The van der Waals surface area contributed by atoms with E-state index in [-0.39, 0.29) is 12.4 Å². The molecule has 1 aliphatic heterocycles. The van der Waals surface area contributed by atoms with Crippen LogP contribution in [0.3, 0.4) is 0 Å². The Labute approximate surface area is 87.6 Å². The van der Waals surface area contributed by atoms with Gasteiger partial charge in [-0.05, 0) is 6.92 Å². The maximum absolute atomic E-state index is 11.3. The second-order valence-corrected chi connectivity index (χ2v) is 3.34. The van der Waals surface area contributed by atoms with Crippen LogP contribution in [-0.4, -0.2) is 33.9 Å². The minimum atomic E-state index is -0.244. The SMILES string of the molecule is CCOC(=O)Cc1nnc2n1CCNC2. The number of carbonyl (C=O) groups excluding carboxylic acids is 1. The quantitative estimate of drug-likeness (QED) is 0.680. The highest BCUT2D eigenvalue weighted by Gasteiger charge is 2.17. The normalized spacial score (nSPS) is 14.7. The number of fused-ring (bicyclic) bond motifs is 1. The lowest BCUT2D eigenvalue weighted by Gasteiger charge is -2.15. The summed E-state index contributed by atoms with van der Waals surface area (Å²) in [5.41, 5.74) is 0. The molecule has 0 aromatic carbocycles. The van der Waals surface area contributed by atoms with E-state index in [1.165, 1.54) is 0 Å². The monoisotopic (exact) mass is 210 g/mol. The Kier molecular flexibility index (Phi) is 2.96. The fraction of sp³-hybridized carbons (Fsp3) is 0.667. The number of hydrogen-bond acceptors (Lipinski definition) is 5. The number of hydrogen-bond donors (Lipinski definition) is 1. The molecule has 15 heavy (non-hydrogen) atoms. The lowest BCUT2D eigenvalue weighted by atomic mass is 10.3. The Bertz CT molecular complexity index is 361. The Morgan fingerprint density at radius 2 is 2.47 bits per heavy atom. The molecule has 0 atom stereocenters. The minimum absolute atomic E-state index is 0.209. The Balaban J connectivity index is 2.08. The van der Waals surface area contributed by atoms with E-state index in [1.807, 2.05) is 4.57 Å². The van der Waals surface area contributed by atoms with Gasteiger partial charge in [0.15, 0.2) is 0 Å². The molecule has 1 aromatic rings. The maximum Gasteiger partial charge on any atom is 0.313 e. The van der Waals surface area contributed by atoms with Gasteiger partial charge in [0.2, 0.25) is 0 Å². The zero-order valence-electron chi connectivity index (χ0n) is 8.69. The summed E-state index contributed by atoms with van der Waals surface area (Å²) in [6.07, 6.45) is 0.209. The summed E-state index contributed by atoms with van der Waals surface area (Å²) < 4.78 is 6.85. The van der Waals surface area contributed by atoms with Crippen LogP contribution in [0.4, 0.5) is 0 Å². The summed E-state index contributed by atoms with van der Waals surface area (Å²) in [5, 5.41) is 11.2. The topological polar surface area (TPSA) is 69.0 Å². The van der Waals surface area contributed by atoms with Crippen LogP contribution in [0.5, 0.6) is 0 Å². The summed E-state index contributed by atoms with van der Waals surface area (Å²) in [6.45, 7) is 4.62. The molecule has 0 radical (unpaired) electrons. The van der Waals surface area contributed by atoms with Gasteiger partial charge in [0.1, 0.15) is 18.1 Å². The van der Waals surface area contributed by atoms with Crippen molar-refractivity contribution >= 4 is 5.97 Å². The van der Waals surface area contributed by atoms with E-state index in [4.69, 9.17) is 4.74 Å². The van der Waals surface area contributed by atoms with Gasteiger partial charge in [-0.15, -0.1) is 10.2 Å². The van der Waals surface area contributed by atoms with Gasteiger partial charge in [0.05, 0.1) is 13.2 Å². The molecule has 2 heterocycles. The van der Waals surface area contributed by atoms with Crippen molar-refractivity contribution in [2.75, 3.05) is 13.2 Å². The third-order valence-corrected chi connectivity index (χ3v) is 2.31. The largest absolute Gasteiger partial charge is 0.466 e. The van der Waals surface area contributed by atoms with E-state index in [1.54, 1.807) is 6.92 Å². The van der Waals surface area contributed by atoms with Crippen molar-refractivity contribution < 1.29 is 9.53 Å². The molecule has 0 aliphatic carbocycles. The van der Waals surface area contributed by atoms with Crippen LogP contribution in [-0.2, 0) is 29.0 Å². The number of carbonyl (C=O) groups is 1. The highest BCUT2D eigenvalue weighted by atomic mass is 16.5.